The topological polar surface area (TPSA) is 55.2 Å². The maximum Gasteiger partial charge on any atom is 0.145 e. The van der Waals surface area contributed by atoms with Gasteiger partial charge in [-0.3, -0.25) is 9.97 Å². The van der Waals surface area contributed by atoms with Crippen LogP contribution in [-0.4, -0.2) is 24.6 Å². The van der Waals surface area contributed by atoms with E-state index in [1.165, 1.54) is 0 Å². The van der Waals surface area contributed by atoms with Crippen LogP contribution in [0.3, 0.4) is 0 Å². The van der Waals surface area contributed by atoms with Crippen molar-refractivity contribution in [1.82, 2.24) is 9.97 Å². The van der Waals surface area contributed by atoms with Crippen LogP contribution in [-0.2, 0) is 11.0 Å². The molecule has 0 aliphatic carbocycles. The second kappa shape index (κ2) is 7.25. The molecule has 0 radical (unpaired) electrons. The molecule has 2 aromatic heterocycles. The van der Waals surface area contributed by atoms with Gasteiger partial charge in [0.2, 0.25) is 0 Å². The van der Waals surface area contributed by atoms with Gasteiger partial charge in [0.25, 0.3) is 0 Å². The quantitative estimate of drug-likeness (QED) is 0.580. The maximum atomic E-state index is 12.5. The Morgan fingerprint density at radius 1 is 1.12 bits per heavy atom. The van der Waals surface area contributed by atoms with Gasteiger partial charge in [0.1, 0.15) is 11.0 Å². The number of hydrogen-bond donors (Lipinski definition) is 0. The maximum absolute atomic E-state index is 12.5. The monoisotopic (exact) mass is 385 g/mol. The summed E-state index contributed by atoms with van der Waals surface area (Å²) in [5.74, 6) is 0. The highest BCUT2D eigenvalue weighted by molar-refractivity contribution is 7.85. The van der Waals surface area contributed by atoms with Crippen molar-refractivity contribution < 1.29 is 4.21 Å². The molecule has 2 heterocycles. The summed E-state index contributed by atoms with van der Waals surface area (Å²) in [7, 11) is -1.36. The second-order valence-electron chi connectivity index (χ2n) is 6.94. The fourth-order valence-electron chi connectivity index (χ4n) is 2.56. The van der Waals surface area contributed by atoms with Crippen LogP contribution in [0, 0.1) is 0 Å². The molecule has 3 aromatic rings. The van der Waals surface area contributed by atoms with Crippen LogP contribution in [0.5, 0.6) is 0 Å². The number of para-hydroxylation sites is 1. The molecule has 26 heavy (non-hydrogen) atoms. The summed E-state index contributed by atoms with van der Waals surface area (Å²) in [4.78, 5) is 9.02. The molecule has 0 saturated heterocycles. The van der Waals surface area contributed by atoms with Crippen molar-refractivity contribution in [3.05, 3.63) is 59.4 Å². The minimum atomic E-state index is -1.36. The number of halogens is 1. The van der Waals surface area contributed by atoms with E-state index in [4.69, 9.17) is 11.6 Å². The van der Waals surface area contributed by atoms with Crippen LogP contribution < -0.4 is 0 Å². The van der Waals surface area contributed by atoms with E-state index < -0.39 is 15.7 Å². The molecule has 0 saturated carbocycles. The summed E-state index contributed by atoms with van der Waals surface area (Å²) in [6.45, 7) is 7.55. The summed E-state index contributed by atoms with van der Waals surface area (Å²) in [6, 6.07) is 11.4. The van der Waals surface area contributed by atoms with Crippen molar-refractivity contribution in [2.24, 2.45) is 4.40 Å². The van der Waals surface area contributed by atoms with Crippen molar-refractivity contribution in [3.8, 4) is 11.3 Å². The Hall–Kier alpha value is -2.11. The minimum Gasteiger partial charge on any atom is -0.256 e. The van der Waals surface area contributed by atoms with E-state index in [2.05, 4.69) is 14.4 Å². The molecule has 1 atom stereocenters. The van der Waals surface area contributed by atoms with Crippen LogP contribution in [0.1, 0.15) is 33.3 Å². The van der Waals surface area contributed by atoms with E-state index in [0.717, 1.165) is 22.2 Å². The SMILES string of the molecule is C/C(=N\S(=O)C(C)(C)C)c1cnc2c(Cl)cccc2c1-c1ccccn1. The summed E-state index contributed by atoms with van der Waals surface area (Å²) in [6.07, 6.45) is 3.48. The van der Waals surface area contributed by atoms with Gasteiger partial charge in [0.05, 0.1) is 26.7 Å². The predicted molar refractivity (Wildman–Crippen MR) is 110 cm³/mol. The van der Waals surface area contributed by atoms with E-state index in [1.807, 2.05) is 64.1 Å². The molecule has 134 valence electrons. The number of hydrogen-bond acceptors (Lipinski definition) is 3. The third kappa shape index (κ3) is 3.69. The molecule has 0 aliphatic rings. The van der Waals surface area contributed by atoms with Crippen LogP contribution >= 0.6 is 11.6 Å². The van der Waals surface area contributed by atoms with Crippen molar-refractivity contribution in [3.63, 3.8) is 0 Å². The number of nitrogens with zero attached hydrogens (tertiary/aromatic N) is 3. The highest BCUT2D eigenvalue weighted by atomic mass is 35.5. The van der Waals surface area contributed by atoms with Gasteiger partial charge in [-0.15, -0.1) is 0 Å². The average molecular weight is 386 g/mol. The van der Waals surface area contributed by atoms with Gasteiger partial charge < -0.3 is 0 Å². The molecule has 0 aliphatic heterocycles. The second-order valence-corrected chi connectivity index (χ2v) is 9.25. The molecular formula is C20H20ClN3OS. The zero-order valence-electron chi connectivity index (χ0n) is 15.2. The van der Waals surface area contributed by atoms with Crippen molar-refractivity contribution in [2.45, 2.75) is 32.4 Å². The molecule has 1 unspecified atom stereocenters. The molecule has 0 N–H and O–H groups in total. The van der Waals surface area contributed by atoms with E-state index in [0.29, 0.717) is 16.3 Å². The van der Waals surface area contributed by atoms with Gasteiger partial charge in [0.15, 0.2) is 0 Å². The van der Waals surface area contributed by atoms with Gasteiger partial charge in [-0.25, -0.2) is 4.21 Å². The molecule has 1 aromatic carbocycles. The number of benzene rings is 1. The Labute approximate surface area is 161 Å². The fourth-order valence-corrected chi connectivity index (χ4v) is 3.40. The van der Waals surface area contributed by atoms with E-state index in [9.17, 15) is 4.21 Å². The summed E-state index contributed by atoms with van der Waals surface area (Å²) in [5.41, 5.74) is 3.87. The van der Waals surface area contributed by atoms with E-state index in [1.54, 1.807) is 12.4 Å². The molecule has 4 nitrogen and oxygen atoms in total. The first-order valence-electron chi connectivity index (χ1n) is 8.25. The fraction of sp³-hybridized carbons (Fsp3) is 0.250. The third-order valence-corrected chi connectivity index (χ3v) is 5.70. The van der Waals surface area contributed by atoms with Crippen molar-refractivity contribution >= 4 is 39.2 Å². The lowest BCUT2D eigenvalue weighted by molar-refractivity contribution is 0.650. The van der Waals surface area contributed by atoms with Gasteiger partial charge in [-0.2, -0.15) is 4.40 Å². The molecule has 3 rings (SSSR count). The lowest BCUT2D eigenvalue weighted by atomic mass is 9.98. The number of rotatable bonds is 3. The molecule has 0 spiro atoms. The highest BCUT2D eigenvalue weighted by Gasteiger charge is 2.21. The Bertz CT molecular complexity index is 1010. The molecular weight excluding hydrogens is 366 g/mol. The zero-order valence-corrected chi connectivity index (χ0v) is 16.7. The summed E-state index contributed by atoms with van der Waals surface area (Å²) >= 11 is 6.33. The lowest BCUT2D eigenvalue weighted by Gasteiger charge is -2.16. The van der Waals surface area contributed by atoms with Crippen LogP contribution in [0.15, 0.2) is 53.2 Å². The average Bonchev–Trinajstić information content (AvgIpc) is 2.61. The first-order valence-corrected chi connectivity index (χ1v) is 9.74. The van der Waals surface area contributed by atoms with Crippen molar-refractivity contribution in [2.75, 3.05) is 0 Å². The lowest BCUT2D eigenvalue weighted by Crippen LogP contribution is -2.20. The Morgan fingerprint density at radius 2 is 1.88 bits per heavy atom. The summed E-state index contributed by atoms with van der Waals surface area (Å²) < 4.78 is 16.5. The number of fused-ring (bicyclic) bond motifs is 1. The third-order valence-electron chi connectivity index (χ3n) is 3.90. The largest absolute Gasteiger partial charge is 0.256 e. The zero-order chi connectivity index (χ0) is 18.9. The van der Waals surface area contributed by atoms with E-state index >= 15 is 0 Å². The Balaban J connectivity index is 2.30. The van der Waals surface area contributed by atoms with Crippen molar-refractivity contribution in [1.29, 1.82) is 0 Å². The predicted octanol–water partition coefficient (Wildman–Crippen LogP) is 5.22. The number of pyridine rings is 2. The molecule has 6 heteroatoms. The first-order chi connectivity index (χ1) is 12.3. The molecule has 0 amide bonds. The Morgan fingerprint density at radius 3 is 2.54 bits per heavy atom. The van der Waals surface area contributed by atoms with E-state index in [-0.39, 0.29) is 0 Å². The Kier molecular flexibility index (Phi) is 5.21. The number of aromatic nitrogens is 2. The normalized spacial score (nSPS) is 13.8. The van der Waals surface area contributed by atoms with Gasteiger partial charge in [-0.1, -0.05) is 29.8 Å². The first kappa shape index (κ1) is 18.7. The minimum absolute atomic E-state index is 0.431. The highest BCUT2D eigenvalue weighted by Crippen LogP contribution is 2.33. The summed E-state index contributed by atoms with van der Waals surface area (Å²) in [5, 5.41) is 1.48. The molecule has 0 fully saturated rings. The smallest absolute Gasteiger partial charge is 0.145 e. The van der Waals surface area contributed by atoms with Crippen LogP contribution in [0.25, 0.3) is 22.2 Å². The standard InChI is InChI=1S/C20H20ClN3OS/c1-13(24-26(25)20(2,3)4)15-12-23-19-14(8-7-9-16(19)21)18(15)17-10-5-6-11-22-17/h5-12H,1-4H3/b24-13+. The van der Waals surface area contributed by atoms with Gasteiger partial charge in [-0.05, 0) is 45.9 Å². The van der Waals surface area contributed by atoms with Crippen LogP contribution in [0.4, 0.5) is 0 Å². The molecule has 0 bridgehead atoms. The van der Waals surface area contributed by atoms with Gasteiger partial charge in [0, 0.05) is 28.9 Å². The van der Waals surface area contributed by atoms with Crippen LogP contribution in [0.2, 0.25) is 5.02 Å². The van der Waals surface area contributed by atoms with Gasteiger partial charge >= 0.3 is 0 Å².